The molecule has 0 radical (unpaired) electrons. The topological polar surface area (TPSA) is 26.3 Å². The highest BCUT2D eigenvalue weighted by molar-refractivity contribution is 5.66. The van der Waals surface area contributed by atoms with Crippen LogP contribution in [0.3, 0.4) is 0 Å². The van der Waals surface area contributed by atoms with Crippen LogP contribution in [-0.4, -0.2) is 12.6 Å². The molecule has 1 saturated carbocycles. The SMILES string of the molecule is C=C1CCCC(C)(C)[C@@H]1CC/C(C)=C/CC/C(C)=C/COC(C)=O. The Labute approximate surface area is 149 Å². The van der Waals surface area contributed by atoms with Gasteiger partial charge in [-0.1, -0.05) is 43.2 Å². The number of hydrogen-bond donors (Lipinski definition) is 0. The van der Waals surface area contributed by atoms with Crippen LogP contribution in [0.5, 0.6) is 0 Å². The van der Waals surface area contributed by atoms with E-state index >= 15 is 0 Å². The van der Waals surface area contributed by atoms with Crippen LogP contribution in [0.15, 0.2) is 35.5 Å². The Morgan fingerprint density at radius 1 is 1.21 bits per heavy atom. The fourth-order valence-corrected chi connectivity index (χ4v) is 3.69. The number of hydrogen-bond acceptors (Lipinski definition) is 2. The third-order valence-electron chi connectivity index (χ3n) is 5.33. The van der Waals surface area contributed by atoms with Gasteiger partial charge in [-0.2, -0.15) is 0 Å². The van der Waals surface area contributed by atoms with Gasteiger partial charge in [0.25, 0.3) is 0 Å². The second-order valence-corrected chi connectivity index (χ2v) is 8.03. The summed E-state index contributed by atoms with van der Waals surface area (Å²) in [4.78, 5) is 10.7. The molecule has 0 aliphatic heterocycles. The quantitative estimate of drug-likeness (QED) is 0.380. The zero-order valence-corrected chi connectivity index (χ0v) is 16.4. The van der Waals surface area contributed by atoms with E-state index in [1.807, 2.05) is 6.08 Å². The zero-order valence-electron chi connectivity index (χ0n) is 16.4. The Hall–Kier alpha value is -1.31. The monoisotopic (exact) mass is 332 g/mol. The van der Waals surface area contributed by atoms with Crippen molar-refractivity contribution < 1.29 is 9.53 Å². The third-order valence-corrected chi connectivity index (χ3v) is 5.33. The van der Waals surface area contributed by atoms with Crippen molar-refractivity contribution in [3.8, 4) is 0 Å². The molecule has 1 rings (SSSR count). The number of ether oxygens (including phenoxy) is 1. The molecular formula is C22H36O2. The minimum atomic E-state index is -0.220. The maximum Gasteiger partial charge on any atom is 0.302 e. The van der Waals surface area contributed by atoms with Gasteiger partial charge >= 0.3 is 5.97 Å². The summed E-state index contributed by atoms with van der Waals surface area (Å²) in [7, 11) is 0. The van der Waals surface area contributed by atoms with Crippen molar-refractivity contribution in [2.24, 2.45) is 11.3 Å². The summed E-state index contributed by atoms with van der Waals surface area (Å²) in [5.41, 5.74) is 4.63. The van der Waals surface area contributed by atoms with Crippen molar-refractivity contribution in [3.63, 3.8) is 0 Å². The molecule has 2 heteroatoms. The Kier molecular flexibility index (Phi) is 8.52. The van der Waals surface area contributed by atoms with E-state index in [1.165, 1.54) is 55.7 Å². The van der Waals surface area contributed by atoms with Gasteiger partial charge in [0.2, 0.25) is 0 Å². The molecule has 0 aromatic rings. The van der Waals surface area contributed by atoms with Gasteiger partial charge < -0.3 is 4.74 Å². The highest BCUT2D eigenvalue weighted by Crippen LogP contribution is 2.45. The molecule has 1 aliphatic rings. The number of carbonyl (C=O) groups is 1. The lowest BCUT2D eigenvalue weighted by Crippen LogP contribution is -2.29. The Bertz CT molecular complexity index is 494. The van der Waals surface area contributed by atoms with Gasteiger partial charge in [0.15, 0.2) is 0 Å². The minimum Gasteiger partial charge on any atom is -0.462 e. The molecule has 0 heterocycles. The molecule has 1 fully saturated rings. The summed E-state index contributed by atoms with van der Waals surface area (Å²) in [6, 6.07) is 0. The number of carbonyl (C=O) groups excluding carboxylic acids is 1. The molecule has 1 atom stereocenters. The van der Waals surface area contributed by atoms with Crippen LogP contribution in [0, 0.1) is 11.3 Å². The molecule has 0 unspecified atom stereocenters. The van der Waals surface area contributed by atoms with Gasteiger partial charge in [-0.3, -0.25) is 4.79 Å². The first-order chi connectivity index (χ1) is 11.2. The molecule has 1 aliphatic carbocycles. The van der Waals surface area contributed by atoms with Crippen molar-refractivity contribution in [2.75, 3.05) is 6.61 Å². The van der Waals surface area contributed by atoms with Crippen LogP contribution in [0.4, 0.5) is 0 Å². The van der Waals surface area contributed by atoms with Crippen molar-refractivity contribution in [3.05, 3.63) is 35.5 Å². The Morgan fingerprint density at radius 3 is 2.50 bits per heavy atom. The maximum absolute atomic E-state index is 10.7. The molecule has 0 bridgehead atoms. The van der Waals surface area contributed by atoms with E-state index in [9.17, 15) is 4.79 Å². The first-order valence-electron chi connectivity index (χ1n) is 9.34. The van der Waals surface area contributed by atoms with Crippen LogP contribution >= 0.6 is 0 Å². The average molecular weight is 333 g/mol. The number of esters is 1. The summed E-state index contributed by atoms with van der Waals surface area (Å²) >= 11 is 0. The molecule has 0 N–H and O–H groups in total. The highest BCUT2D eigenvalue weighted by Gasteiger charge is 2.33. The normalized spacial score (nSPS) is 21.7. The summed E-state index contributed by atoms with van der Waals surface area (Å²) in [6.07, 6.45) is 12.7. The van der Waals surface area contributed by atoms with E-state index in [-0.39, 0.29) is 5.97 Å². The van der Waals surface area contributed by atoms with E-state index in [0.717, 1.165) is 12.8 Å². The summed E-state index contributed by atoms with van der Waals surface area (Å²) < 4.78 is 4.94. The van der Waals surface area contributed by atoms with Gasteiger partial charge in [0, 0.05) is 6.92 Å². The second-order valence-electron chi connectivity index (χ2n) is 8.03. The number of rotatable bonds is 8. The van der Waals surface area contributed by atoms with Crippen LogP contribution in [0.2, 0.25) is 0 Å². The zero-order chi connectivity index (χ0) is 18.2. The van der Waals surface area contributed by atoms with E-state index in [4.69, 9.17) is 4.74 Å². The molecule has 136 valence electrons. The van der Waals surface area contributed by atoms with Crippen LogP contribution in [0.25, 0.3) is 0 Å². The summed E-state index contributed by atoms with van der Waals surface area (Å²) in [5, 5.41) is 0. The lowest BCUT2D eigenvalue weighted by atomic mass is 9.65. The van der Waals surface area contributed by atoms with E-state index in [1.54, 1.807) is 0 Å². The molecule has 24 heavy (non-hydrogen) atoms. The molecule has 2 nitrogen and oxygen atoms in total. The lowest BCUT2D eigenvalue weighted by Gasteiger charge is -2.40. The molecular weight excluding hydrogens is 296 g/mol. The van der Waals surface area contributed by atoms with E-state index < -0.39 is 0 Å². The molecule has 0 amide bonds. The second kappa shape index (κ2) is 9.86. The maximum atomic E-state index is 10.7. The third kappa shape index (κ3) is 7.51. The number of allylic oxidation sites excluding steroid dienone is 4. The summed E-state index contributed by atoms with van der Waals surface area (Å²) in [6.45, 7) is 15.3. The fourth-order valence-electron chi connectivity index (χ4n) is 3.69. The minimum absolute atomic E-state index is 0.220. The van der Waals surface area contributed by atoms with Crippen molar-refractivity contribution >= 4 is 5.97 Å². The first kappa shape index (κ1) is 20.7. The van der Waals surface area contributed by atoms with Crippen LogP contribution < -0.4 is 0 Å². The standard InChI is InChI=1S/C22H36O2/c1-17(9-7-10-18(2)14-16-24-20(4)23)12-13-21-19(3)11-8-15-22(21,5)6/h9,14,21H,3,7-8,10-13,15-16H2,1-2,4-6H3/b17-9+,18-14+/t21-/m1/s1. The predicted octanol–water partition coefficient (Wildman–Crippen LogP) is 6.39. The largest absolute Gasteiger partial charge is 0.462 e. The van der Waals surface area contributed by atoms with Crippen molar-refractivity contribution in [1.82, 2.24) is 0 Å². The summed E-state index contributed by atoms with van der Waals surface area (Å²) in [5.74, 6) is 0.446. The van der Waals surface area contributed by atoms with Gasteiger partial charge in [-0.05, 0) is 76.2 Å². The smallest absolute Gasteiger partial charge is 0.302 e. The van der Waals surface area contributed by atoms with E-state index in [2.05, 4.69) is 40.3 Å². The van der Waals surface area contributed by atoms with Crippen LogP contribution in [-0.2, 0) is 9.53 Å². The Morgan fingerprint density at radius 2 is 1.88 bits per heavy atom. The first-order valence-corrected chi connectivity index (χ1v) is 9.34. The van der Waals surface area contributed by atoms with Crippen LogP contribution in [0.1, 0.15) is 79.6 Å². The molecule has 0 aromatic heterocycles. The van der Waals surface area contributed by atoms with Gasteiger partial charge in [0.1, 0.15) is 6.61 Å². The Balaban J connectivity index is 2.36. The predicted molar refractivity (Wildman–Crippen MR) is 103 cm³/mol. The average Bonchev–Trinajstić information content (AvgIpc) is 2.45. The van der Waals surface area contributed by atoms with Gasteiger partial charge in [-0.25, -0.2) is 0 Å². The van der Waals surface area contributed by atoms with E-state index in [0.29, 0.717) is 17.9 Å². The van der Waals surface area contributed by atoms with Gasteiger partial charge in [0.05, 0.1) is 0 Å². The molecule has 0 aromatic carbocycles. The fraction of sp³-hybridized carbons (Fsp3) is 0.682. The highest BCUT2D eigenvalue weighted by atomic mass is 16.5. The molecule has 0 saturated heterocycles. The van der Waals surface area contributed by atoms with Crippen molar-refractivity contribution in [2.45, 2.75) is 79.6 Å². The molecule has 0 spiro atoms. The van der Waals surface area contributed by atoms with Crippen molar-refractivity contribution in [1.29, 1.82) is 0 Å². The lowest BCUT2D eigenvalue weighted by molar-refractivity contribution is -0.139. The van der Waals surface area contributed by atoms with Gasteiger partial charge in [-0.15, -0.1) is 0 Å².